The van der Waals surface area contributed by atoms with Crippen LogP contribution in [0.3, 0.4) is 0 Å². The number of amides is 1. The maximum atomic E-state index is 11.8. The summed E-state index contributed by atoms with van der Waals surface area (Å²) in [4.78, 5) is 25.1. The van der Waals surface area contributed by atoms with Crippen LogP contribution in [-0.4, -0.2) is 51.1 Å². The van der Waals surface area contributed by atoms with Crippen molar-refractivity contribution in [2.45, 2.75) is 24.4 Å². The number of nitrogens with zero attached hydrogens (tertiary/aromatic N) is 1. The zero-order valence-electron chi connectivity index (χ0n) is 9.08. The highest BCUT2D eigenvalue weighted by Gasteiger charge is 2.59. The summed E-state index contributed by atoms with van der Waals surface area (Å²) >= 11 is 1.39. The van der Waals surface area contributed by atoms with Crippen LogP contribution in [0.25, 0.3) is 0 Å². The Kier molecular flexibility index (Phi) is 2.26. The van der Waals surface area contributed by atoms with Crippen molar-refractivity contribution in [3.05, 3.63) is 10.6 Å². The summed E-state index contributed by atoms with van der Waals surface area (Å²) in [6, 6.07) is 0.0687. The van der Waals surface area contributed by atoms with E-state index in [-0.39, 0.29) is 23.0 Å². The molecule has 0 aromatic rings. The monoisotopic (exact) mass is 256 g/mol. The minimum atomic E-state index is -1.07. The molecular weight excluding hydrogens is 244 g/mol. The molecule has 0 radical (unpaired) electrons. The second-order valence-electron chi connectivity index (χ2n) is 4.46. The lowest BCUT2D eigenvalue weighted by molar-refractivity contribution is -0.156. The Morgan fingerprint density at radius 1 is 1.65 bits per heavy atom. The van der Waals surface area contributed by atoms with E-state index < -0.39 is 18.0 Å². The van der Waals surface area contributed by atoms with Crippen LogP contribution >= 0.6 is 11.8 Å². The molecule has 3 rings (SSSR count). The van der Waals surface area contributed by atoms with E-state index >= 15 is 0 Å². The van der Waals surface area contributed by atoms with Gasteiger partial charge in [0.05, 0.1) is 18.1 Å². The molecule has 1 amide bonds. The lowest BCUT2D eigenvalue weighted by atomic mass is 9.92. The van der Waals surface area contributed by atoms with Crippen LogP contribution in [0, 0.1) is 5.92 Å². The van der Waals surface area contributed by atoms with Gasteiger partial charge in [0.15, 0.2) is 0 Å². The maximum absolute atomic E-state index is 11.8. The molecule has 3 N–H and O–H groups in total. The van der Waals surface area contributed by atoms with Crippen LogP contribution in [-0.2, 0) is 9.59 Å². The number of nitrogens with one attached hydrogen (secondary N) is 1. The van der Waals surface area contributed by atoms with E-state index in [1.165, 1.54) is 16.7 Å². The summed E-state index contributed by atoms with van der Waals surface area (Å²) in [5.74, 6) is -1.84. The van der Waals surface area contributed by atoms with Crippen LogP contribution in [0.2, 0.25) is 0 Å². The fourth-order valence-corrected chi connectivity index (χ4v) is 3.99. The molecule has 92 valence electrons. The van der Waals surface area contributed by atoms with Crippen molar-refractivity contribution >= 4 is 23.6 Å². The van der Waals surface area contributed by atoms with Crippen LogP contribution < -0.4 is 5.32 Å². The lowest BCUT2D eigenvalue weighted by Gasteiger charge is -2.43. The van der Waals surface area contributed by atoms with Gasteiger partial charge in [-0.15, -0.1) is 0 Å². The minimum absolute atomic E-state index is 0.0687. The lowest BCUT2D eigenvalue weighted by Crippen LogP contribution is -2.60. The second-order valence-corrected chi connectivity index (χ2v) is 5.62. The van der Waals surface area contributed by atoms with Crippen molar-refractivity contribution in [2.75, 3.05) is 6.54 Å². The third-order valence-electron chi connectivity index (χ3n) is 3.25. The summed E-state index contributed by atoms with van der Waals surface area (Å²) in [7, 11) is 0. The quantitative estimate of drug-likeness (QED) is 0.450. The average Bonchev–Trinajstić information content (AvgIpc) is 2.99. The molecule has 4 atom stereocenters. The van der Waals surface area contributed by atoms with Crippen molar-refractivity contribution in [1.29, 1.82) is 0 Å². The first-order valence-corrected chi connectivity index (χ1v) is 6.29. The number of β-lactam (4-membered cyclic amide) rings is 1. The molecule has 2 fully saturated rings. The van der Waals surface area contributed by atoms with Crippen LogP contribution in [0.5, 0.6) is 0 Å². The summed E-state index contributed by atoms with van der Waals surface area (Å²) in [5.41, 5.74) is 0.0944. The number of carboxylic acid groups (broad SMARTS) is 1. The number of thioether (sulfide) groups is 1. The van der Waals surface area contributed by atoms with Crippen molar-refractivity contribution in [3.8, 4) is 0 Å². The normalized spacial score (nSPS) is 36.7. The van der Waals surface area contributed by atoms with Crippen LogP contribution in [0.1, 0.15) is 6.92 Å². The zero-order valence-corrected chi connectivity index (χ0v) is 9.90. The summed E-state index contributed by atoms with van der Waals surface area (Å²) in [6.07, 6.45) is -0.738. The van der Waals surface area contributed by atoms with E-state index in [2.05, 4.69) is 5.32 Å². The van der Waals surface area contributed by atoms with E-state index in [1.807, 2.05) is 0 Å². The fourth-order valence-electron chi connectivity index (χ4n) is 2.30. The van der Waals surface area contributed by atoms with Crippen LogP contribution in [0.15, 0.2) is 10.6 Å². The number of carbonyl (C=O) groups excluding carboxylic acids is 1. The first-order chi connectivity index (χ1) is 8.02. The highest BCUT2D eigenvalue weighted by molar-refractivity contribution is 8.04. The predicted octanol–water partition coefficient (Wildman–Crippen LogP) is -0.833. The van der Waals surface area contributed by atoms with Gasteiger partial charge < -0.3 is 15.5 Å². The Balaban J connectivity index is 1.92. The van der Waals surface area contributed by atoms with E-state index in [4.69, 9.17) is 5.11 Å². The Morgan fingerprint density at radius 3 is 2.76 bits per heavy atom. The van der Waals surface area contributed by atoms with Gasteiger partial charge in [-0.05, 0) is 6.92 Å². The number of aliphatic carboxylic acids is 1. The van der Waals surface area contributed by atoms with Crippen molar-refractivity contribution < 1.29 is 19.8 Å². The molecule has 3 heterocycles. The standard InChI is InChI=1S/C10H12N2O4S/c1-3(13)5-8(14)12-6(10(15)16)7(4-2-11-4)17-9(5)12/h3-5,9,11,13H,2H2,1H3,(H,15,16)/t3?,4?,5?,9-/m1/s1. The number of fused-ring (bicyclic) bond motifs is 1. The summed E-state index contributed by atoms with van der Waals surface area (Å²) < 4.78 is 0. The van der Waals surface area contributed by atoms with Gasteiger partial charge in [-0.25, -0.2) is 4.79 Å². The number of hydrogen-bond acceptors (Lipinski definition) is 5. The van der Waals surface area contributed by atoms with Gasteiger partial charge in [-0.1, -0.05) is 11.8 Å². The molecule has 7 heteroatoms. The van der Waals surface area contributed by atoms with Crippen molar-refractivity contribution in [3.63, 3.8) is 0 Å². The van der Waals surface area contributed by atoms with E-state index in [9.17, 15) is 14.7 Å². The Hall–Kier alpha value is -1.05. The number of hydrogen-bond donors (Lipinski definition) is 3. The number of rotatable bonds is 3. The molecule has 17 heavy (non-hydrogen) atoms. The SMILES string of the molecule is CC(O)C1C(=O)N2C(C(=O)O)=C(C3CN3)S[C@H]12. The molecule has 0 aromatic carbocycles. The first kappa shape index (κ1) is 11.1. The number of aliphatic hydroxyl groups excluding tert-OH is 1. The Labute approximate surface area is 102 Å². The average molecular weight is 256 g/mol. The van der Waals surface area contributed by atoms with Gasteiger partial charge in [0.1, 0.15) is 11.1 Å². The zero-order chi connectivity index (χ0) is 12.3. The van der Waals surface area contributed by atoms with E-state index in [1.54, 1.807) is 6.92 Å². The number of carbonyl (C=O) groups is 2. The maximum Gasteiger partial charge on any atom is 0.353 e. The topological polar surface area (TPSA) is 99.8 Å². The molecule has 0 aromatic heterocycles. The summed E-state index contributed by atoms with van der Waals surface area (Å²) in [6.45, 7) is 2.32. The van der Waals surface area contributed by atoms with E-state index in [0.29, 0.717) is 0 Å². The largest absolute Gasteiger partial charge is 0.477 e. The van der Waals surface area contributed by atoms with Gasteiger partial charge >= 0.3 is 5.97 Å². The van der Waals surface area contributed by atoms with Crippen molar-refractivity contribution in [1.82, 2.24) is 10.2 Å². The number of aliphatic hydroxyl groups is 1. The molecule has 0 spiro atoms. The molecule has 6 nitrogen and oxygen atoms in total. The fraction of sp³-hybridized carbons (Fsp3) is 0.600. The van der Waals surface area contributed by atoms with Crippen molar-refractivity contribution in [2.24, 2.45) is 5.92 Å². The smallest absolute Gasteiger partial charge is 0.353 e. The predicted molar refractivity (Wildman–Crippen MR) is 59.8 cm³/mol. The van der Waals surface area contributed by atoms with Gasteiger partial charge in [0, 0.05) is 11.4 Å². The van der Waals surface area contributed by atoms with Gasteiger partial charge in [0.25, 0.3) is 0 Å². The summed E-state index contributed by atoms with van der Waals surface area (Å²) in [5, 5.41) is 21.5. The molecule has 0 bridgehead atoms. The molecule has 0 saturated carbocycles. The third-order valence-corrected chi connectivity index (χ3v) is 4.73. The Bertz CT molecular complexity index is 444. The van der Waals surface area contributed by atoms with Gasteiger partial charge in [0.2, 0.25) is 5.91 Å². The van der Waals surface area contributed by atoms with E-state index in [0.717, 1.165) is 11.4 Å². The first-order valence-electron chi connectivity index (χ1n) is 5.41. The van der Waals surface area contributed by atoms with Gasteiger partial charge in [-0.2, -0.15) is 0 Å². The molecule has 2 saturated heterocycles. The highest BCUT2D eigenvalue weighted by Crippen LogP contribution is 2.52. The molecule has 3 unspecified atom stereocenters. The minimum Gasteiger partial charge on any atom is -0.477 e. The molecule has 3 aliphatic rings. The Morgan fingerprint density at radius 2 is 2.29 bits per heavy atom. The van der Waals surface area contributed by atoms with Crippen LogP contribution in [0.4, 0.5) is 0 Å². The number of carboxylic acids is 1. The third kappa shape index (κ3) is 1.42. The molecule has 3 aliphatic heterocycles. The highest BCUT2D eigenvalue weighted by atomic mass is 32.2. The molecule has 0 aliphatic carbocycles. The molecular formula is C10H12N2O4S. The second kappa shape index (κ2) is 3.47. The van der Waals surface area contributed by atoms with Gasteiger partial charge in [-0.3, -0.25) is 9.69 Å².